The smallest absolute Gasteiger partial charge is 0.256 e. The Hall–Kier alpha value is -2.27. The Bertz CT molecular complexity index is 753. The number of carbonyl (C=O) groups is 1. The number of thioether (sulfide) groups is 1. The molecule has 0 bridgehead atoms. The van der Waals surface area contributed by atoms with Crippen LogP contribution in [-0.4, -0.2) is 17.1 Å². The van der Waals surface area contributed by atoms with E-state index in [1.165, 1.54) is 11.8 Å². The Kier molecular flexibility index (Phi) is 3.43. The number of aromatic nitrogens is 1. The summed E-state index contributed by atoms with van der Waals surface area (Å²) in [5, 5.41) is 3.46. The van der Waals surface area contributed by atoms with E-state index in [0.717, 1.165) is 5.52 Å². The molecule has 3 rings (SSSR count). The SMILES string of the molecule is CSc1nc2ccc(NC(=O)c3ccccc3)cc2o1. The third-order valence-electron chi connectivity index (χ3n) is 2.84. The van der Waals surface area contributed by atoms with Gasteiger partial charge in [0.05, 0.1) is 0 Å². The number of hydrogen-bond donors (Lipinski definition) is 1. The molecular weight excluding hydrogens is 272 g/mol. The Labute approximate surface area is 120 Å². The van der Waals surface area contributed by atoms with Gasteiger partial charge in [0.2, 0.25) is 0 Å². The zero-order valence-corrected chi connectivity index (χ0v) is 11.6. The average molecular weight is 284 g/mol. The number of fused-ring (bicyclic) bond motifs is 1. The molecule has 0 saturated carbocycles. The first-order chi connectivity index (χ1) is 9.76. The van der Waals surface area contributed by atoms with E-state index in [1.807, 2.05) is 36.6 Å². The summed E-state index contributed by atoms with van der Waals surface area (Å²) >= 11 is 1.45. The average Bonchev–Trinajstić information content (AvgIpc) is 2.90. The Morgan fingerprint density at radius 2 is 2.00 bits per heavy atom. The zero-order valence-electron chi connectivity index (χ0n) is 10.8. The van der Waals surface area contributed by atoms with Gasteiger partial charge in [-0.1, -0.05) is 30.0 Å². The number of hydrogen-bond acceptors (Lipinski definition) is 4. The van der Waals surface area contributed by atoms with Crippen molar-refractivity contribution in [2.75, 3.05) is 11.6 Å². The fourth-order valence-electron chi connectivity index (χ4n) is 1.86. The van der Waals surface area contributed by atoms with Gasteiger partial charge in [-0.05, 0) is 30.5 Å². The maximum Gasteiger partial charge on any atom is 0.256 e. The van der Waals surface area contributed by atoms with E-state index in [2.05, 4.69) is 10.3 Å². The highest BCUT2D eigenvalue weighted by Crippen LogP contribution is 2.24. The van der Waals surface area contributed by atoms with Crippen LogP contribution in [0.15, 0.2) is 58.2 Å². The summed E-state index contributed by atoms with van der Waals surface area (Å²) in [5.74, 6) is -0.144. The second-order valence-corrected chi connectivity index (χ2v) is 4.94. The van der Waals surface area contributed by atoms with Crippen molar-refractivity contribution < 1.29 is 9.21 Å². The molecule has 0 saturated heterocycles. The Morgan fingerprint density at radius 3 is 2.75 bits per heavy atom. The van der Waals surface area contributed by atoms with Gasteiger partial charge in [-0.3, -0.25) is 4.79 Å². The normalized spacial score (nSPS) is 10.7. The second-order valence-electron chi connectivity index (χ2n) is 4.19. The monoisotopic (exact) mass is 284 g/mol. The largest absolute Gasteiger partial charge is 0.431 e. The van der Waals surface area contributed by atoms with Gasteiger partial charge in [0, 0.05) is 17.3 Å². The molecule has 0 unspecified atom stereocenters. The predicted octanol–water partition coefficient (Wildman–Crippen LogP) is 3.80. The van der Waals surface area contributed by atoms with Gasteiger partial charge < -0.3 is 9.73 Å². The lowest BCUT2D eigenvalue weighted by atomic mass is 10.2. The van der Waals surface area contributed by atoms with Gasteiger partial charge in [0.25, 0.3) is 11.1 Å². The van der Waals surface area contributed by atoms with Crippen LogP contribution in [0.2, 0.25) is 0 Å². The number of nitrogens with one attached hydrogen (secondary N) is 1. The van der Waals surface area contributed by atoms with Crippen molar-refractivity contribution in [2.45, 2.75) is 5.22 Å². The highest BCUT2D eigenvalue weighted by atomic mass is 32.2. The number of anilines is 1. The molecule has 0 aliphatic rings. The molecule has 1 N–H and O–H groups in total. The molecule has 4 nitrogen and oxygen atoms in total. The summed E-state index contributed by atoms with van der Waals surface area (Å²) in [6.45, 7) is 0. The van der Waals surface area contributed by atoms with E-state index < -0.39 is 0 Å². The molecule has 0 aliphatic heterocycles. The van der Waals surface area contributed by atoms with Gasteiger partial charge in [-0.25, -0.2) is 4.98 Å². The summed E-state index contributed by atoms with van der Waals surface area (Å²) < 4.78 is 5.55. The highest BCUT2D eigenvalue weighted by molar-refractivity contribution is 7.98. The van der Waals surface area contributed by atoms with E-state index in [4.69, 9.17) is 4.42 Å². The molecular formula is C15H12N2O2S. The fraction of sp³-hybridized carbons (Fsp3) is 0.0667. The first-order valence-electron chi connectivity index (χ1n) is 6.07. The molecule has 5 heteroatoms. The lowest BCUT2D eigenvalue weighted by molar-refractivity contribution is 0.102. The molecule has 1 amide bonds. The molecule has 20 heavy (non-hydrogen) atoms. The summed E-state index contributed by atoms with van der Waals surface area (Å²) in [4.78, 5) is 16.3. The van der Waals surface area contributed by atoms with Crippen molar-refractivity contribution in [3.63, 3.8) is 0 Å². The molecule has 0 radical (unpaired) electrons. The van der Waals surface area contributed by atoms with E-state index in [0.29, 0.717) is 22.1 Å². The maximum absolute atomic E-state index is 12.1. The third-order valence-corrected chi connectivity index (χ3v) is 3.36. The maximum atomic E-state index is 12.1. The van der Waals surface area contributed by atoms with Crippen LogP contribution < -0.4 is 5.32 Å². The van der Waals surface area contributed by atoms with Crippen molar-refractivity contribution in [1.82, 2.24) is 4.98 Å². The van der Waals surface area contributed by atoms with Crippen LogP contribution in [0, 0.1) is 0 Å². The van der Waals surface area contributed by atoms with Crippen molar-refractivity contribution in [2.24, 2.45) is 0 Å². The molecule has 2 aromatic carbocycles. The Balaban J connectivity index is 1.85. The lowest BCUT2D eigenvalue weighted by Gasteiger charge is -2.04. The minimum Gasteiger partial charge on any atom is -0.431 e. The number of rotatable bonds is 3. The molecule has 0 aliphatic carbocycles. The molecule has 0 atom stereocenters. The molecule has 1 heterocycles. The highest BCUT2D eigenvalue weighted by Gasteiger charge is 2.08. The second kappa shape index (κ2) is 5.38. The summed E-state index contributed by atoms with van der Waals surface area (Å²) in [5.41, 5.74) is 2.76. The number of carbonyl (C=O) groups excluding carboxylic acids is 1. The van der Waals surface area contributed by atoms with Gasteiger partial charge in [0.15, 0.2) is 5.58 Å². The minimum absolute atomic E-state index is 0.144. The quantitative estimate of drug-likeness (QED) is 0.743. The third kappa shape index (κ3) is 2.53. The first-order valence-corrected chi connectivity index (χ1v) is 7.30. The van der Waals surface area contributed by atoms with Crippen LogP contribution >= 0.6 is 11.8 Å². The van der Waals surface area contributed by atoms with Gasteiger partial charge in [-0.2, -0.15) is 0 Å². The number of oxazole rings is 1. The van der Waals surface area contributed by atoms with Crippen molar-refractivity contribution in [3.05, 3.63) is 54.1 Å². The fourth-order valence-corrected chi connectivity index (χ4v) is 2.22. The van der Waals surface area contributed by atoms with E-state index in [9.17, 15) is 4.79 Å². The molecule has 1 aromatic heterocycles. The number of nitrogens with zero attached hydrogens (tertiary/aromatic N) is 1. The Morgan fingerprint density at radius 1 is 1.20 bits per heavy atom. The lowest BCUT2D eigenvalue weighted by Crippen LogP contribution is -2.11. The first kappa shape index (κ1) is 12.7. The summed E-state index contributed by atoms with van der Waals surface area (Å²) in [6, 6.07) is 14.5. The van der Waals surface area contributed by atoms with E-state index in [1.54, 1.807) is 18.2 Å². The van der Waals surface area contributed by atoms with Crippen LogP contribution in [0.5, 0.6) is 0 Å². The van der Waals surface area contributed by atoms with Crippen LogP contribution in [0.25, 0.3) is 11.1 Å². The van der Waals surface area contributed by atoms with Crippen molar-refractivity contribution >= 4 is 34.5 Å². The number of amides is 1. The topological polar surface area (TPSA) is 55.1 Å². The minimum atomic E-state index is -0.144. The molecule has 100 valence electrons. The van der Waals surface area contributed by atoms with E-state index >= 15 is 0 Å². The molecule has 3 aromatic rings. The predicted molar refractivity (Wildman–Crippen MR) is 80.2 cm³/mol. The van der Waals surface area contributed by atoms with Gasteiger partial charge >= 0.3 is 0 Å². The van der Waals surface area contributed by atoms with Crippen molar-refractivity contribution in [1.29, 1.82) is 0 Å². The molecule has 0 spiro atoms. The standard InChI is InChI=1S/C15H12N2O2S/c1-20-15-17-12-8-7-11(9-13(12)19-15)16-14(18)10-5-3-2-4-6-10/h2-9H,1H3,(H,16,18). The van der Waals surface area contributed by atoms with Crippen molar-refractivity contribution in [3.8, 4) is 0 Å². The molecule has 0 fully saturated rings. The van der Waals surface area contributed by atoms with Gasteiger partial charge in [-0.15, -0.1) is 0 Å². The summed E-state index contributed by atoms with van der Waals surface area (Å²) in [7, 11) is 0. The number of benzene rings is 2. The van der Waals surface area contributed by atoms with Crippen LogP contribution in [0.3, 0.4) is 0 Å². The van der Waals surface area contributed by atoms with Crippen LogP contribution in [-0.2, 0) is 0 Å². The van der Waals surface area contributed by atoms with Crippen LogP contribution in [0.4, 0.5) is 5.69 Å². The van der Waals surface area contributed by atoms with E-state index in [-0.39, 0.29) is 5.91 Å². The summed E-state index contributed by atoms with van der Waals surface area (Å²) in [6.07, 6.45) is 1.91. The zero-order chi connectivity index (χ0) is 13.9. The van der Waals surface area contributed by atoms with Gasteiger partial charge in [0.1, 0.15) is 5.52 Å². The van der Waals surface area contributed by atoms with Crippen LogP contribution in [0.1, 0.15) is 10.4 Å².